The van der Waals surface area contributed by atoms with Crippen LogP contribution in [0.2, 0.25) is 0 Å². The third-order valence-corrected chi connectivity index (χ3v) is 8.10. The van der Waals surface area contributed by atoms with Gasteiger partial charge in [0.05, 0.1) is 35.6 Å². The van der Waals surface area contributed by atoms with Gasteiger partial charge in [0.1, 0.15) is 17.3 Å². The van der Waals surface area contributed by atoms with Crippen LogP contribution in [-0.2, 0) is 4.74 Å². The van der Waals surface area contributed by atoms with Gasteiger partial charge in [-0.15, -0.1) is 0 Å². The number of nitrogens with zero attached hydrogens (tertiary/aromatic N) is 5. The Hall–Kier alpha value is -5.74. The number of halogens is 2. The lowest BCUT2D eigenvalue weighted by molar-refractivity contribution is 0.0994. The minimum Gasteiger partial charge on any atom is -0.378 e. The number of carbonyl (C=O) groups excluding carboxylic acids is 1. The highest BCUT2D eigenvalue weighted by molar-refractivity contribution is 6.02. The summed E-state index contributed by atoms with van der Waals surface area (Å²) in [6, 6.07) is 26.2. The molecule has 1 fully saturated rings. The predicted octanol–water partition coefficient (Wildman–Crippen LogP) is 7.60. The summed E-state index contributed by atoms with van der Waals surface area (Å²) in [6.07, 6.45) is 3.41. The Balaban J connectivity index is 1.18. The summed E-state index contributed by atoms with van der Waals surface area (Å²) in [4.78, 5) is 24.5. The first kappa shape index (κ1) is 29.9. The van der Waals surface area contributed by atoms with Gasteiger partial charge in [0.25, 0.3) is 0 Å². The number of hydrogen-bond acceptors (Lipinski definition) is 7. The molecule has 0 saturated carbocycles. The lowest BCUT2D eigenvalue weighted by Crippen LogP contribution is -2.36. The van der Waals surface area contributed by atoms with Gasteiger partial charge in [-0.2, -0.15) is 5.10 Å². The van der Waals surface area contributed by atoms with E-state index in [1.807, 2.05) is 66.9 Å². The van der Waals surface area contributed by atoms with E-state index in [-0.39, 0.29) is 12.0 Å². The third-order valence-electron chi connectivity index (χ3n) is 8.10. The fraction of sp³-hybridized carbons (Fsp3) is 0.135. The van der Waals surface area contributed by atoms with E-state index in [1.54, 1.807) is 10.7 Å². The molecule has 10 heteroatoms. The maximum absolute atomic E-state index is 14.3. The van der Waals surface area contributed by atoms with Crippen LogP contribution in [0, 0.1) is 11.6 Å². The molecule has 1 aliphatic heterocycles. The van der Waals surface area contributed by atoms with Gasteiger partial charge in [-0.1, -0.05) is 30.8 Å². The van der Waals surface area contributed by atoms with E-state index >= 15 is 0 Å². The summed E-state index contributed by atoms with van der Waals surface area (Å²) in [7, 11) is 0. The minimum atomic E-state index is -0.768. The van der Waals surface area contributed by atoms with Gasteiger partial charge in [0.2, 0.25) is 5.95 Å². The van der Waals surface area contributed by atoms with Gasteiger partial charge in [-0.05, 0) is 77.9 Å². The standard InChI is InChI=1S/C37H30F2N6O2/c1-24(21-34(46)30-23-27(38)8-13-31(30)39)25-5-4-6-26(22-25)36-35(33-7-2-3-16-45(33)43-36)32-14-15-40-37(42-32)41-28-9-11-29(12-10-28)44-17-19-47-20-18-44/h2-16,22-23H,1,17-21H2,(H,40,41,42). The van der Waals surface area contributed by atoms with Crippen LogP contribution in [0.3, 0.4) is 0 Å². The second kappa shape index (κ2) is 12.9. The Morgan fingerprint density at radius 1 is 0.936 bits per heavy atom. The van der Waals surface area contributed by atoms with Crippen molar-refractivity contribution in [1.29, 1.82) is 0 Å². The number of Topliss-reactive ketones (excluding diaryl/α,β-unsaturated/α-hetero) is 1. The van der Waals surface area contributed by atoms with E-state index in [1.165, 1.54) is 0 Å². The molecular formula is C37H30F2N6O2. The Morgan fingerprint density at radius 2 is 1.77 bits per heavy atom. The van der Waals surface area contributed by atoms with E-state index in [0.29, 0.717) is 28.5 Å². The number of rotatable bonds is 9. The molecule has 7 rings (SSSR count). The zero-order valence-corrected chi connectivity index (χ0v) is 25.4. The first-order valence-corrected chi connectivity index (χ1v) is 15.2. The summed E-state index contributed by atoms with van der Waals surface area (Å²) < 4.78 is 35.2. The molecule has 4 heterocycles. The smallest absolute Gasteiger partial charge is 0.227 e. The molecule has 234 valence electrons. The van der Waals surface area contributed by atoms with Crippen LogP contribution in [0.1, 0.15) is 22.3 Å². The van der Waals surface area contributed by atoms with Crippen molar-refractivity contribution in [2.24, 2.45) is 0 Å². The molecule has 3 aromatic carbocycles. The average molecular weight is 629 g/mol. The quantitative estimate of drug-likeness (QED) is 0.165. The summed E-state index contributed by atoms with van der Waals surface area (Å²) in [5.41, 5.74) is 6.63. The van der Waals surface area contributed by atoms with Crippen LogP contribution in [0.15, 0.2) is 110 Å². The molecule has 47 heavy (non-hydrogen) atoms. The summed E-state index contributed by atoms with van der Waals surface area (Å²) in [6.45, 7) is 7.26. The molecule has 3 aromatic heterocycles. The van der Waals surface area contributed by atoms with Crippen molar-refractivity contribution in [3.05, 3.63) is 133 Å². The Kier molecular flexibility index (Phi) is 8.24. The molecule has 0 aliphatic carbocycles. The third kappa shape index (κ3) is 6.36. The van der Waals surface area contributed by atoms with Gasteiger partial charge in [-0.3, -0.25) is 4.79 Å². The number of allylic oxidation sites excluding steroid dienone is 1. The van der Waals surface area contributed by atoms with Crippen molar-refractivity contribution in [2.45, 2.75) is 6.42 Å². The highest BCUT2D eigenvalue weighted by Gasteiger charge is 2.20. The Labute approximate surface area is 270 Å². The normalized spacial score (nSPS) is 13.1. The number of nitrogens with one attached hydrogen (secondary N) is 1. The second-order valence-corrected chi connectivity index (χ2v) is 11.2. The lowest BCUT2D eigenvalue weighted by Gasteiger charge is -2.28. The summed E-state index contributed by atoms with van der Waals surface area (Å²) in [5, 5.41) is 8.21. The van der Waals surface area contributed by atoms with Crippen LogP contribution in [0.4, 0.5) is 26.1 Å². The van der Waals surface area contributed by atoms with E-state index in [0.717, 1.165) is 72.5 Å². The van der Waals surface area contributed by atoms with E-state index in [4.69, 9.17) is 14.8 Å². The van der Waals surface area contributed by atoms with Crippen molar-refractivity contribution < 1.29 is 18.3 Å². The number of aromatic nitrogens is 4. The topological polar surface area (TPSA) is 84.7 Å². The van der Waals surface area contributed by atoms with E-state index in [2.05, 4.69) is 33.9 Å². The van der Waals surface area contributed by atoms with Gasteiger partial charge < -0.3 is 15.0 Å². The van der Waals surface area contributed by atoms with Crippen LogP contribution < -0.4 is 10.2 Å². The fourth-order valence-electron chi connectivity index (χ4n) is 5.71. The molecule has 0 amide bonds. The number of anilines is 3. The maximum atomic E-state index is 14.3. The van der Waals surface area contributed by atoms with E-state index < -0.39 is 17.4 Å². The van der Waals surface area contributed by atoms with Gasteiger partial charge >= 0.3 is 0 Å². The molecule has 6 aromatic rings. The molecule has 0 bridgehead atoms. The Bertz CT molecular complexity index is 2100. The molecule has 1 aliphatic rings. The molecule has 0 spiro atoms. The highest BCUT2D eigenvalue weighted by atomic mass is 19.1. The predicted molar refractivity (Wildman–Crippen MR) is 179 cm³/mol. The lowest BCUT2D eigenvalue weighted by atomic mass is 9.95. The van der Waals surface area contributed by atoms with Crippen LogP contribution in [0.25, 0.3) is 33.6 Å². The zero-order chi connectivity index (χ0) is 32.3. The van der Waals surface area contributed by atoms with Crippen molar-refractivity contribution in [1.82, 2.24) is 19.6 Å². The first-order chi connectivity index (χ1) is 22.9. The molecular weight excluding hydrogens is 598 g/mol. The van der Waals surface area contributed by atoms with Crippen molar-refractivity contribution in [2.75, 3.05) is 36.5 Å². The summed E-state index contributed by atoms with van der Waals surface area (Å²) >= 11 is 0. The maximum Gasteiger partial charge on any atom is 0.227 e. The molecule has 0 atom stereocenters. The SMILES string of the molecule is C=C(CC(=O)c1cc(F)ccc1F)c1cccc(-c2nn3ccccc3c2-c2ccnc(Nc3ccc(N4CCOCC4)cc3)n2)c1. The molecule has 0 unspecified atom stereocenters. The number of carbonyl (C=O) groups is 1. The van der Waals surface area contributed by atoms with Gasteiger partial charge in [0.15, 0.2) is 5.78 Å². The number of morpholine rings is 1. The molecule has 0 radical (unpaired) electrons. The van der Waals surface area contributed by atoms with E-state index in [9.17, 15) is 13.6 Å². The number of pyridine rings is 1. The number of ketones is 1. The molecule has 1 N–H and O–H groups in total. The number of hydrogen-bond donors (Lipinski definition) is 1. The highest BCUT2D eigenvalue weighted by Crippen LogP contribution is 2.36. The molecule has 8 nitrogen and oxygen atoms in total. The van der Waals surface area contributed by atoms with Crippen molar-refractivity contribution in [3.8, 4) is 22.5 Å². The van der Waals surface area contributed by atoms with Crippen LogP contribution in [-0.4, -0.2) is 51.7 Å². The summed E-state index contributed by atoms with van der Waals surface area (Å²) in [5.74, 6) is -1.56. The van der Waals surface area contributed by atoms with Gasteiger partial charge in [0, 0.05) is 48.8 Å². The molecule has 1 saturated heterocycles. The number of benzene rings is 3. The largest absolute Gasteiger partial charge is 0.378 e. The van der Waals surface area contributed by atoms with Gasteiger partial charge in [-0.25, -0.2) is 23.3 Å². The minimum absolute atomic E-state index is 0.170. The number of ether oxygens (including phenoxy) is 1. The zero-order valence-electron chi connectivity index (χ0n) is 25.4. The van der Waals surface area contributed by atoms with Crippen LogP contribution >= 0.6 is 0 Å². The van der Waals surface area contributed by atoms with Crippen LogP contribution in [0.5, 0.6) is 0 Å². The fourth-order valence-corrected chi connectivity index (χ4v) is 5.71. The second-order valence-electron chi connectivity index (χ2n) is 11.2. The average Bonchev–Trinajstić information content (AvgIpc) is 3.50. The monoisotopic (exact) mass is 628 g/mol. The Morgan fingerprint density at radius 3 is 2.60 bits per heavy atom. The van der Waals surface area contributed by atoms with Crippen molar-refractivity contribution >= 4 is 34.2 Å². The number of fused-ring (bicyclic) bond motifs is 1. The van der Waals surface area contributed by atoms with Crippen molar-refractivity contribution in [3.63, 3.8) is 0 Å². The first-order valence-electron chi connectivity index (χ1n) is 15.2.